The van der Waals surface area contributed by atoms with Crippen LogP contribution in [0.5, 0.6) is 0 Å². The van der Waals surface area contributed by atoms with Crippen molar-refractivity contribution in [2.45, 2.75) is 110 Å². The molecule has 0 aliphatic heterocycles. The van der Waals surface area contributed by atoms with Crippen LogP contribution in [-0.2, 0) is 0 Å². The van der Waals surface area contributed by atoms with Crippen molar-refractivity contribution in [3.05, 3.63) is 0 Å². The Hall–Kier alpha value is 1.12. The Labute approximate surface area is 139 Å². The molecule has 0 fully saturated rings. The van der Waals surface area contributed by atoms with E-state index in [1.807, 2.05) is 0 Å². The second-order valence-corrected chi connectivity index (χ2v) is 24.2. The molecule has 0 aliphatic carbocycles. The molecule has 0 aromatic carbocycles. The Morgan fingerprint density at radius 3 is 1.20 bits per heavy atom. The molecule has 0 atom stereocenters. The van der Waals surface area contributed by atoms with E-state index in [2.05, 4.69) is 62.3 Å². The normalized spacial score (nSPS) is 13.2. The average molecular weight is 406 g/mol. The third kappa shape index (κ3) is 6.92. The molecule has 0 amide bonds. The summed E-state index contributed by atoms with van der Waals surface area (Å²) in [5, 5.41) is 0. The van der Waals surface area contributed by atoms with Crippen LogP contribution in [0.1, 0.15) is 88.0 Å². The molecule has 0 unspecified atom stereocenters. The van der Waals surface area contributed by atoms with Gasteiger partial charge in [0.1, 0.15) is 0 Å². The van der Waals surface area contributed by atoms with E-state index in [0.29, 0.717) is 0 Å². The zero-order valence-electron chi connectivity index (χ0n) is 15.6. The number of rotatable bonds is 10. The maximum absolute atomic E-state index is 2.53. The summed E-state index contributed by atoms with van der Waals surface area (Å²) >= 11 is -1.45. The number of hydrogen-bond donors (Lipinski definition) is 0. The van der Waals surface area contributed by atoms with E-state index in [9.17, 15) is 0 Å². The van der Waals surface area contributed by atoms with Crippen LogP contribution >= 0.6 is 0 Å². The predicted octanol–water partition coefficient (Wildman–Crippen LogP) is 7.11. The second kappa shape index (κ2) is 10.8. The molecule has 0 rings (SSSR count). The van der Waals surface area contributed by atoms with Gasteiger partial charge in [0, 0.05) is 0 Å². The molecule has 0 aromatic rings. The van der Waals surface area contributed by atoms with Crippen molar-refractivity contribution in [1.82, 2.24) is 0 Å². The van der Waals surface area contributed by atoms with Gasteiger partial charge in [-0.25, -0.2) is 0 Å². The average Bonchev–Trinajstić information content (AvgIpc) is 2.26. The van der Waals surface area contributed by atoms with E-state index in [0.717, 1.165) is 18.8 Å². The molecule has 0 aliphatic rings. The van der Waals surface area contributed by atoms with Gasteiger partial charge in [-0.1, -0.05) is 0 Å². The number of unbranched alkanes of at least 4 members (excludes halogenated alkanes) is 2. The third-order valence-electron chi connectivity index (χ3n) is 4.14. The molecule has 0 bridgehead atoms. The van der Waals surface area contributed by atoms with E-state index >= 15 is 0 Å². The van der Waals surface area contributed by atoms with Crippen LogP contribution in [0.3, 0.4) is 0 Å². The van der Waals surface area contributed by atoms with E-state index in [4.69, 9.17) is 0 Å². The zero-order chi connectivity index (χ0) is 15.9. The molecule has 0 radical (unpaired) electrons. The fourth-order valence-corrected chi connectivity index (χ4v) is 32.0. The summed E-state index contributed by atoms with van der Waals surface area (Å²) in [6.07, 6.45) is 5.89. The summed E-state index contributed by atoms with van der Waals surface area (Å²) in [4.78, 5) is 0. The molecule has 0 heterocycles. The Kier molecular flexibility index (Phi) is 11.4. The number of hydrogen-bond acceptors (Lipinski definition) is 0. The molecule has 2 heteroatoms. The Morgan fingerprint density at radius 2 is 0.950 bits per heavy atom. The first kappa shape index (κ1) is 21.1. The van der Waals surface area contributed by atoms with Gasteiger partial charge in [-0.3, -0.25) is 0 Å². The van der Waals surface area contributed by atoms with Crippen LogP contribution in [0.4, 0.5) is 0 Å². The van der Waals surface area contributed by atoms with E-state index in [-0.39, 0.29) is 0 Å². The van der Waals surface area contributed by atoms with Crippen molar-refractivity contribution in [1.29, 1.82) is 0 Å². The monoisotopic (exact) mass is 406 g/mol. The standard InChI is InChI=1S/C18H40As2/c1-10-11-12-13-18(19(14(2)3)15(4)5)20(16(6)7)17(8)9/h14-18H,10-13H2,1-9H3. The Balaban J connectivity index is 5.20. The predicted molar refractivity (Wildman–Crippen MR) is 99.8 cm³/mol. The third-order valence-corrected chi connectivity index (χ3v) is 23.9. The molecule has 0 saturated carbocycles. The van der Waals surface area contributed by atoms with Gasteiger partial charge in [-0.2, -0.15) is 0 Å². The van der Waals surface area contributed by atoms with E-state index < -0.39 is 29.3 Å². The maximum atomic E-state index is 2.53. The van der Waals surface area contributed by atoms with Crippen molar-refractivity contribution < 1.29 is 0 Å². The molecular formula is C18H40As2. The van der Waals surface area contributed by atoms with Crippen LogP contribution in [0.25, 0.3) is 0 Å². The summed E-state index contributed by atoms with van der Waals surface area (Å²) in [5.41, 5.74) is 0. The van der Waals surface area contributed by atoms with Crippen molar-refractivity contribution >= 4 is 29.3 Å². The Morgan fingerprint density at radius 1 is 0.600 bits per heavy atom. The molecule has 0 N–H and O–H groups in total. The first-order chi connectivity index (χ1) is 9.23. The van der Waals surface area contributed by atoms with Gasteiger partial charge in [-0.15, -0.1) is 0 Å². The fraction of sp³-hybridized carbons (Fsp3) is 1.00. The minimum absolute atomic E-state index is 0.723. The first-order valence-electron chi connectivity index (χ1n) is 8.78. The van der Waals surface area contributed by atoms with Crippen molar-refractivity contribution in [3.8, 4) is 0 Å². The Bertz CT molecular complexity index is 198. The minimum atomic E-state index is -0.723. The van der Waals surface area contributed by atoms with Gasteiger partial charge >= 0.3 is 140 Å². The van der Waals surface area contributed by atoms with Crippen LogP contribution in [0.15, 0.2) is 0 Å². The van der Waals surface area contributed by atoms with Gasteiger partial charge in [0.25, 0.3) is 0 Å². The summed E-state index contributed by atoms with van der Waals surface area (Å²) in [5.74, 6) is 0. The molecule has 0 spiro atoms. The molecule has 0 nitrogen and oxygen atoms in total. The van der Waals surface area contributed by atoms with E-state index in [1.165, 1.54) is 22.8 Å². The van der Waals surface area contributed by atoms with Gasteiger partial charge in [-0.05, 0) is 0 Å². The van der Waals surface area contributed by atoms with Crippen molar-refractivity contribution in [3.63, 3.8) is 0 Å². The first-order valence-corrected chi connectivity index (χ1v) is 15.3. The molecule has 122 valence electrons. The van der Waals surface area contributed by atoms with Crippen LogP contribution in [0, 0.1) is 0 Å². The van der Waals surface area contributed by atoms with Gasteiger partial charge in [0.05, 0.1) is 0 Å². The van der Waals surface area contributed by atoms with Crippen LogP contribution < -0.4 is 0 Å². The summed E-state index contributed by atoms with van der Waals surface area (Å²) < 4.78 is 5.15. The van der Waals surface area contributed by atoms with E-state index in [1.54, 1.807) is 6.42 Å². The van der Waals surface area contributed by atoms with Crippen LogP contribution in [0.2, 0.25) is 22.3 Å². The summed E-state index contributed by atoms with van der Waals surface area (Å²) in [6.45, 7) is 22.6. The van der Waals surface area contributed by atoms with Crippen LogP contribution in [-0.4, -0.2) is 29.3 Å². The molecule has 0 aromatic heterocycles. The van der Waals surface area contributed by atoms with Gasteiger partial charge < -0.3 is 0 Å². The van der Waals surface area contributed by atoms with Gasteiger partial charge in [0.15, 0.2) is 0 Å². The summed E-state index contributed by atoms with van der Waals surface area (Å²) in [7, 11) is 0. The summed E-state index contributed by atoms with van der Waals surface area (Å²) in [6, 6.07) is 0. The molecule has 0 saturated heterocycles. The molecular weight excluding hydrogens is 366 g/mol. The topological polar surface area (TPSA) is 0 Å². The van der Waals surface area contributed by atoms with Crippen molar-refractivity contribution in [2.24, 2.45) is 0 Å². The van der Waals surface area contributed by atoms with Crippen molar-refractivity contribution in [2.75, 3.05) is 0 Å². The fourth-order valence-electron chi connectivity index (χ4n) is 3.60. The zero-order valence-corrected chi connectivity index (χ0v) is 19.4. The molecule has 20 heavy (non-hydrogen) atoms. The quantitative estimate of drug-likeness (QED) is 0.268. The SMILES string of the molecule is CCCCCC([As](C(C)C)C(C)C)[As](C(C)C)C(C)C. The van der Waals surface area contributed by atoms with Gasteiger partial charge in [0.2, 0.25) is 0 Å². The second-order valence-electron chi connectivity index (χ2n) is 7.25.